The fraction of sp³-hybridized carbons (Fsp3) is 0.520. The Morgan fingerprint density at radius 1 is 0.655 bits per heavy atom. The molecule has 0 aliphatic rings. The minimum atomic E-state index is 0.258. The lowest BCUT2D eigenvalue weighted by Crippen LogP contribution is -2.01. The zero-order chi connectivity index (χ0) is 21.2. The van der Waals surface area contributed by atoms with Gasteiger partial charge in [0.25, 0.3) is 0 Å². The summed E-state index contributed by atoms with van der Waals surface area (Å²) in [7, 11) is 0. The molecular formula is C25H36O4. The third-order valence-corrected chi connectivity index (χ3v) is 5.00. The van der Waals surface area contributed by atoms with Crippen molar-refractivity contribution in [2.75, 3.05) is 13.2 Å². The molecule has 2 N–H and O–H groups in total. The summed E-state index contributed by atoms with van der Waals surface area (Å²) in [5, 5.41) is 21.5. The number of phenolic OH excluding ortho intramolecular Hbond substituents is 2. The molecule has 2 rings (SSSR count). The van der Waals surface area contributed by atoms with Crippen LogP contribution in [0.25, 0.3) is 0 Å². The van der Waals surface area contributed by atoms with E-state index in [-0.39, 0.29) is 11.5 Å². The Kier molecular flexibility index (Phi) is 9.49. The van der Waals surface area contributed by atoms with Crippen LogP contribution in [0.4, 0.5) is 0 Å². The molecular weight excluding hydrogens is 364 g/mol. The summed E-state index contributed by atoms with van der Waals surface area (Å²) in [5.41, 5.74) is 5.35. The van der Waals surface area contributed by atoms with E-state index in [0.29, 0.717) is 32.8 Å². The topological polar surface area (TPSA) is 58.9 Å². The Hall–Kier alpha value is -2.04. The number of unbranched alkanes of at least 4 members (excludes halogenated alkanes) is 2. The number of ether oxygens (including phenoxy) is 2. The number of rotatable bonds is 12. The van der Waals surface area contributed by atoms with E-state index in [1.54, 1.807) is 0 Å². The molecule has 0 aliphatic carbocycles. The molecule has 0 bridgehead atoms. The van der Waals surface area contributed by atoms with E-state index in [4.69, 9.17) is 9.47 Å². The van der Waals surface area contributed by atoms with Gasteiger partial charge >= 0.3 is 0 Å². The molecule has 0 atom stereocenters. The Morgan fingerprint density at radius 3 is 1.41 bits per heavy atom. The Labute approximate surface area is 175 Å². The molecule has 0 fully saturated rings. The highest BCUT2D eigenvalue weighted by Gasteiger charge is 2.14. The lowest BCUT2D eigenvalue weighted by atomic mass is 9.95. The van der Waals surface area contributed by atoms with E-state index in [9.17, 15) is 10.2 Å². The Morgan fingerprint density at radius 2 is 1.03 bits per heavy atom. The van der Waals surface area contributed by atoms with Crippen LogP contribution in [-0.4, -0.2) is 23.4 Å². The predicted octanol–water partition coefficient (Wildman–Crippen LogP) is 5.94. The average molecular weight is 401 g/mol. The van der Waals surface area contributed by atoms with E-state index in [0.717, 1.165) is 59.1 Å². The summed E-state index contributed by atoms with van der Waals surface area (Å²) in [5.74, 6) is 0.516. The van der Waals surface area contributed by atoms with Gasteiger partial charge in [-0.15, -0.1) is 0 Å². The highest BCUT2D eigenvalue weighted by atomic mass is 16.5. The first-order valence-corrected chi connectivity index (χ1v) is 10.7. The molecule has 0 aliphatic heterocycles. The normalized spacial score (nSPS) is 11.2. The van der Waals surface area contributed by atoms with Gasteiger partial charge in [-0.05, 0) is 37.8 Å². The van der Waals surface area contributed by atoms with Crippen LogP contribution < -0.4 is 0 Å². The largest absolute Gasteiger partial charge is 0.507 e. The van der Waals surface area contributed by atoms with Gasteiger partial charge in [-0.3, -0.25) is 0 Å². The van der Waals surface area contributed by atoms with E-state index < -0.39 is 0 Å². The molecule has 0 saturated heterocycles. The monoisotopic (exact) mass is 400 g/mol. The van der Waals surface area contributed by atoms with Gasteiger partial charge in [0.1, 0.15) is 11.5 Å². The highest BCUT2D eigenvalue weighted by Crippen LogP contribution is 2.32. The third kappa shape index (κ3) is 7.06. The summed E-state index contributed by atoms with van der Waals surface area (Å²) in [4.78, 5) is 0. The maximum atomic E-state index is 10.8. The van der Waals surface area contributed by atoms with Crippen LogP contribution in [0.2, 0.25) is 0 Å². The number of phenols is 2. The van der Waals surface area contributed by atoms with Crippen molar-refractivity contribution in [3.8, 4) is 11.5 Å². The number of aryl methyl sites for hydroxylation is 2. The summed E-state index contributed by atoms with van der Waals surface area (Å²) >= 11 is 0. The van der Waals surface area contributed by atoms with Crippen molar-refractivity contribution in [2.45, 2.75) is 73.0 Å². The van der Waals surface area contributed by atoms with Crippen LogP contribution >= 0.6 is 0 Å². The molecule has 2 aromatic rings. The second-order valence-corrected chi connectivity index (χ2v) is 7.85. The number of benzene rings is 2. The van der Waals surface area contributed by atoms with Crippen LogP contribution in [0, 0.1) is 13.8 Å². The number of hydrogen-bond donors (Lipinski definition) is 2. The van der Waals surface area contributed by atoms with Crippen molar-refractivity contribution in [3.05, 3.63) is 57.6 Å². The molecule has 4 nitrogen and oxygen atoms in total. The van der Waals surface area contributed by atoms with Gasteiger partial charge in [-0.1, -0.05) is 62.1 Å². The maximum Gasteiger partial charge on any atom is 0.124 e. The standard InChI is InChI=1S/C25H36O4/c1-5-7-9-28-16-22-13-18(3)11-20(24(22)26)15-21-12-19(4)14-23(25(21)27)17-29-10-8-6-2/h11-14,26-27H,5-10,15-17H2,1-4H3. The van der Waals surface area contributed by atoms with Crippen LogP contribution in [0.15, 0.2) is 24.3 Å². The fourth-order valence-electron chi connectivity index (χ4n) is 3.42. The van der Waals surface area contributed by atoms with E-state index >= 15 is 0 Å². The third-order valence-electron chi connectivity index (χ3n) is 5.00. The summed E-state index contributed by atoms with van der Waals surface area (Å²) < 4.78 is 11.4. The smallest absolute Gasteiger partial charge is 0.124 e. The van der Waals surface area contributed by atoms with Gasteiger partial charge in [0.15, 0.2) is 0 Å². The SMILES string of the molecule is CCCCOCc1cc(C)cc(Cc2cc(C)cc(COCCCC)c2O)c1O. The predicted molar refractivity (Wildman–Crippen MR) is 118 cm³/mol. The van der Waals surface area contributed by atoms with Crippen molar-refractivity contribution < 1.29 is 19.7 Å². The molecule has 0 saturated carbocycles. The lowest BCUT2D eigenvalue weighted by molar-refractivity contribution is 0.116. The van der Waals surface area contributed by atoms with Crippen molar-refractivity contribution in [2.24, 2.45) is 0 Å². The number of aromatic hydroxyl groups is 2. The first-order chi connectivity index (χ1) is 14.0. The highest BCUT2D eigenvalue weighted by molar-refractivity contribution is 5.50. The van der Waals surface area contributed by atoms with Gasteiger partial charge in [0.05, 0.1) is 13.2 Å². The quantitative estimate of drug-likeness (QED) is 0.433. The molecule has 160 valence electrons. The average Bonchev–Trinajstić information content (AvgIpc) is 2.69. The van der Waals surface area contributed by atoms with Crippen molar-refractivity contribution in [1.29, 1.82) is 0 Å². The first-order valence-electron chi connectivity index (χ1n) is 10.7. The molecule has 0 unspecified atom stereocenters. The van der Waals surface area contributed by atoms with E-state index in [1.165, 1.54) is 0 Å². The fourth-order valence-corrected chi connectivity index (χ4v) is 3.42. The molecule has 0 spiro atoms. The minimum Gasteiger partial charge on any atom is -0.507 e. The lowest BCUT2D eigenvalue weighted by Gasteiger charge is -2.15. The number of hydrogen-bond acceptors (Lipinski definition) is 4. The van der Waals surface area contributed by atoms with Gasteiger partial charge in [-0.25, -0.2) is 0 Å². The molecule has 0 radical (unpaired) electrons. The second kappa shape index (κ2) is 11.8. The Bertz CT molecular complexity index is 717. The van der Waals surface area contributed by atoms with Crippen LogP contribution in [0.5, 0.6) is 11.5 Å². The van der Waals surface area contributed by atoms with E-state index in [2.05, 4.69) is 13.8 Å². The summed E-state index contributed by atoms with van der Waals surface area (Å²) in [6.45, 7) is 10.5. The van der Waals surface area contributed by atoms with Crippen LogP contribution in [0.3, 0.4) is 0 Å². The van der Waals surface area contributed by atoms with Crippen molar-refractivity contribution in [1.82, 2.24) is 0 Å². The molecule has 0 aromatic heterocycles. The summed E-state index contributed by atoms with van der Waals surface area (Å²) in [6.07, 6.45) is 4.66. The first kappa shape index (κ1) is 23.2. The molecule has 0 amide bonds. The van der Waals surface area contributed by atoms with Gasteiger partial charge < -0.3 is 19.7 Å². The molecule has 2 aromatic carbocycles. The van der Waals surface area contributed by atoms with Gasteiger partial charge in [-0.2, -0.15) is 0 Å². The molecule has 0 heterocycles. The second-order valence-electron chi connectivity index (χ2n) is 7.85. The van der Waals surface area contributed by atoms with Crippen LogP contribution in [0.1, 0.15) is 72.9 Å². The van der Waals surface area contributed by atoms with Gasteiger partial charge in [0, 0.05) is 30.8 Å². The van der Waals surface area contributed by atoms with Crippen LogP contribution in [-0.2, 0) is 29.1 Å². The molecule has 4 heteroatoms. The van der Waals surface area contributed by atoms with Crippen molar-refractivity contribution in [3.63, 3.8) is 0 Å². The zero-order valence-corrected chi connectivity index (χ0v) is 18.4. The van der Waals surface area contributed by atoms with Gasteiger partial charge in [0.2, 0.25) is 0 Å². The summed E-state index contributed by atoms with van der Waals surface area (Å²) in [6, 6.07) is 7.88. The molecule has 29 heavy (non-hydrogen) atoms. The van der Waals surface area contributed by atoms with E-state index in [1.807, 2.05) is 38.1 Å². The zero-order valence-electron chi connectivity index (χ0n) is 18.4. The minimum absolute atomic E-state index is 0.258. The van der Waals surface area contributed by atoms with Crippen molar-refractivity contribution >= 4 is 0 Å². The Balaban J connectivity index is 2.20. The maximum absolute atomic E-state index is 10.8.